The lowest BCUT2D eigenvalue weighted by Gasteiger charge is -2.43. The van der Waals surface area contributed by atoms with Crippen LogP contribution >= 0.6 is 0 Å². The number of carbonyl (C=O) groups is 1. The number of amides is 1. The van der Waals surface area contributed by atoms with E-state index in [0.717, 1.165) is 13.1 Å². The van der Waals surface area contributed by atoms with E-state index in [1.165, 1.54) is 6.42 Å². The van der Waals surface area contributed by atoms with Crippen LogP contribution in [-0.2, 0) is 4.79 Å². The van der Waals surface area contributed by atoms with Crippen LogP contribution in [0, 0.1) is 11.8 Å². The van der Waals surface area contributed by atoms with Crippen molar-refractivity contribution in [3.63, 3.8) is 0 Å². The molecule has 2 atom stereocenters. The predicted octanol–water partition coefficient (Wildman–Crippen LogP) is 1.23. The van der Waals surface area contributed by atoms with Crippen LogP contribution in [0.15, 0.2) is 0 Å². The molecule has 1 aliphatic heterocycles. The van der Waals surface area contributed by atoms with Gasteiger partial charge in [0.15, 0.2) is 0 Å². The van der Waals surface area contributed by atoms with Gasteiger partial charge in [0.25, 0.3) is 0 Å². The lowest BCUT2D eigenvalue weighted by Crippen LogP contribution is -2.57. The van der Waals surface area contributed by atoms with Crippen LogP contribution in [0.25, 0.3) is 0 Å². The number of hydrogen-bond acceptors (Lipinski definition) is 2. The van der Waals surface area contributed by atoms with Crippen LogP contribution in [-0.4, -0.2) is 29.4 Å². The minimum Gasteiger partial charge on any atom is -0.368 e. The number of rotatable bonds is 2. The molecule has 82 valence electrons. The highest BCUT2D eigenvalue weighted by molar-refractivity contribution is 5.83. The molecule has 2 N–H and O–H groups in total. The van der Waals surface area contributed by atoms with Crippen molar-refractivity contribution in [2.45, 2.75) is 39.7 Å². The van der Waals surface area contributed by atoms with Crippen LogP contribution in [0.1, 0.15) is 34.1 Å². The molecule has 3 nitrogen and oxygen atoms in total. The molecule has 0 saturated carbocycles. The number of hydrogen-bond donors (Lipinski definition) is 1. The van der Waals surface area contributed by atoms with Crippen molar-refractivity contribution < 1.29 is 4.79 Å². The van der Waals surface area contributed by atoms with Gasteiger partial charge >= 0.3 is 0 Å². The number of primary amides is 1. The van der Waals surface area contributed by atoms with Crippen molar-refractivity contribution in [1.29, 1.82) is 0 Å². The summed E-state index contributed by atoms with van der Waals surface area (Å²) in [5.74, 6) is 1.11. The maximum atomic E-state index is 11.3. The molecule has 0 radical (unpaired) electrons. The van der Waals surface area contributed by atoms with Gasteiger partial charge in [-0.15, -0.1) is 0 Å². The first-order chi connectivity index (χ1) is 6.34. The van der Waals surface area contributed by atoms with Gasteiger partial charge in [-0.3, -0.25) is 9.69 Å². The summed E-state index contributed by atoms with van der Waals surface area (Å²) in [4.78, 5) is 13.5. The summed E-state index contributed by atoms with van der Waals surface area (Å²) in [5.41, 5.74) is 4.91. The predicted molar refractivity (Wildman–Crippen MR) is 57.8 cm³/mol. The van der Waals surface area contributed by atoms with Gasteiger partial charge in [0, 0.05) is 13.1 Å². The molecule has 1 amide bonds. The van der Waals surface area contributed by atoms with Gasteiger partial charge in [-0.1, -0.05) is 13.8 Å². The normalized spacial score (nSPS) is 30.3. The third kappa shape index (κ3) is 2.27. The maximum absolute atomic E-state index is 11.3. The first-order valence-corrected chi connectivity index (χ1v) is 5.39. The zero-order valence-electron chi connectivity index (χ0n) is 9.71. The van der Waals surface area contributed by atoms with Gasteiger partial charge in [0.2, 0.25) is 5.91 Å². The highest BCUT2D eigenvalue weighted by atomic mass is 16.1. The average molecular weight is 198 g/mol. The Labute approximate surface area is 86.6 Å². The van der Waals surface area contributed by atoms with Gasteiger partial charge in [0.05, 0.1) is 5.54 Å². The zero-order chi connectivity index (χ0) is 10.9. The van der Waals surface area contributed by atoms with E-state index in [4.69, 9.17) is 5.73 Å². The van der Waals surface area contributed by atoms with E-state index in [1.54, 1.807) is 0 Å². The van der Waals surface area contributed by atoms with Crippen LogP contribution in [0.4, 0.5) is 0 Å². The SMILES string of the molecule is CC1CC(C)CN(C(C)(C)C(N)=O)C1. The van der Waals surface area contributed by atoms with E-state index in [1.807, 2.05) is 13.8 Å². The van der Waals surface area contributed by atoms with Crippen LogP contribution in [0.5, 0.6) is 0 Å². The van der Waals surface area contributed by atoms with Gasteiger partial charge in [-0.05, 0) is 32.1 Å². The van der Waals surface area contributed by atoms with Crippen molar-refractivity contribution in [2.24, 2.45) is 17.6 Å². The van der Waals surface area contributed by atoms with E-state index in [-0.39, 0.29) is 5.91 Å². The third-order valence-electron chi connectivity index (χ3n) is 3.26. The molecule has 1 aliphatic rings. The topological polar surface area (TPSA) is 46.3 Å². The average Bonchev–Trinajstić information content (AvgIpc) is 2.01. The fourth-order valence-corrected chi connectivity index (χ4v) is 2.28. The third-order valence-corrected chi connectivity index (χ3v) is 3.26. The highest BCUT2D eigenvalue weighted by Crippen LogP contribution is 2.26. The first kappa shape index (κ1) is 11.5. The molecular formula is C11H22N2O. The van der Waals surface area contributed by atoms with Crippen molar-refractivity contribution >= 4 is 5.91 Å². The van der Waals surface area contributed by atoms with Gasteiger partial charge in [-0.2, -0.15) is 0 Å². The largest absolute Gasteiger partial charge is 0.368 e. The number of piperidine rings is 1. The van der Waals surface area contributed by atoms with E-state index < -0.39 is 5.54 Å². The van der Waals surface area contributed by atoms with Crippen molar-refractivity contribution in [2.75, 3.05) is 13.1 Å². The summed E-state index contributed by atoms with van der Waals surface area (Å²) in [7, 11) is 0. The van der Waals surface area contributed by atoms with Gasteiger partial charge in [0.1, 0.15) is 0 Å². The molecule has 14 heavy (non-hydrogen) atoms. The second-order valence-electron chi connectivity index (χ2n) is 5.27. The smallest absolute Gasteiger partial charge is 0.237 e. The Morgan fingerprint density at radius 3 is 2.07 bits per heavy atom. The second kappa shape index (κ2) is 3.89. The molecule has 3 heteroatoms. The molecule has 0 bridgehead atoms. The van der Waals surface area contributed by atoms with E-state index in [9.17, 15) is 4.79 Å². The molecule has 1 saturated heterocycles. The fraction of sp³-hybridized carbons (Fsp3) is 0.909. The molecule has 2 unspecified atom stereocenters. The van der Waals surface area contributed by atoms with Gasteiger partial charge in [-0.25, -0.2) is 0 Å². The van der Waals surface area contributed by atoms with Crippen molar-refractivity contribution in [1.82, 2.24) is 4.90 Å². The summed E-state index contributed by atoms with van der Waals surface area (Å²) in [5, 5.41) is 0. The number of carbonyl (C=O) groups excluding carboxylic acids is 1. The van der Waals surface area contributed by atoms with E-state index in [2.05, 4.69) is 18.7 Å². The van der Waals surface area contributed by atoms with Crippen LogP contribution < -0.4 is 5.73 Å². The molecule has 0 aromatic rings. The Balaban J connectivity index is 2.72. The summed E-state index contributed by atoms with van der Waals surface area (Å²) in [6.45, 7) is 10.3. The Bertz CT molecular complexity index is 215. The van der Waals surface area contributed by atoms with Crippen LogP contribution in [0.2, 0.25) is 0 Å². The summed E-state index contributed by atoms with van der Waals surface area (Å²) in [6.07, 6.45) is 1.26. The standard InChI is InChI=1S/C11H22N2O/c1-8-5-9(2)7-13(6-8)11(3,4)10(12)14/h8-9H,5-7H2,1-4H3,(H2,12,14). The lowest BCUT2D eigenvalue weighted by molar-refractivity contribution is -0.130. The summed E-state index contributed by atoms with van der Waals surface area (Å²) in [6, 6.07) is 0. The molecule has 0 aromatic carbocycles. The lowest BCUT2D eigenvalue weighted by atomic mass is 9.88. The molecule has 0 aliphatic carbocycles. The Morgan fingerprint density at radius 1 is 1.29 bits per heavy atom. The van der Waals surface area contributed by atoms with Crippen molar-refractivity contribution in [3.8, 4) is 0 Å². The van der Waals surface area contributed by atoms with E-state index in [0.29, 0.717) is 11.8 Å². The number of nitrogens with zero attached hydrogens (tertiary/aromatic N) is 1. The maximum Gasteiger partial charge on any atom is 0.237 e. The molecule has 1 fully saturated rings. The molecule has 0 aromatic heterocycles. The number of nitrogens with two attached hydrogens (primary N) is 1. The Hall–Kier alpha value is -0.570. The molecule has 1 rings (SSSR count). The Kier molecular flexibility index (Phi) is 3.20. The zero-order valence-corrected chi connectivity index (χ0v) is 9.71. The summed E-state index contributed by atoms with van der Waals surface area (Å²) >= 11 is 0. The fourth-order valence-electron chi connectivity index (χ4n) is 2.28. The van der Waals surface area contributed by atoms with E-state index >= 15 is 0 Å². The Morgan fingerprint density at radius 2 is 1.71 bits per heavy atom. The second-order valence-corrected chi connectivity index (χ2v) is 5.27. The van der Waals surface area contributed by atoms with Crippen molar-refractivity contribution in [3.05, 3.63) is 0 Å². The first-order valence-electron chi connectivity index (χ1n) is 5.39. The molecule has 1 heterocycles. The van der Waals surface area contributed by atoms with Crippen LogP contribution in [0.3, 0.4) is 0 Å². The van der Waals surface area contributed by atoms with Gasteiger partial charge < -0.3 is 5.73 Å². The molecule has 0 spiro atoms. The monoisotopic (exact) mass is 198 g/mol. The highest BCUT2D eigenvalue weighted by Gasteiger charge is 2.36. The molecular weight excluding hydrogens is 176 g/mol. The number of likely N-dealkylation sites (tertiary alicyclic amines) is 1. The summed E-state index contributed by atoms with van der Waals surface area (Å²) < 4.78 is 0. The minimum atomic E-state index is -0.497. The minimum absolute atomic E-state index is 0.223. The quantitative estimate of drug-likeness (QED) is 0.725.